The van der Waals surface area contributed by atoms with Crippen LogP contribution >= 0.6 is 11.6 Å². The molecule has 1 aromatic carbocycles. The molecule has 1 N–H and O–H groups in total. The molecule has 1 amide bonds. The number of furan rings is 1. The number of aryl methyl sites for hydroxylation is 1. The zero-order chi connectivity index (χ0) is 17.8. The van der Waals surface area contributed by atoms with Gasteiger partial charge in [-0.15, -0.1) is 0 Å². The van der Waals surface area contributed by atoms with E-state index in [4.69, 9.17) is 16.0 Å². The van der Waals surface area contributed by atoms with Crippen LogP contribution in [0, 0.1) is 18.3 Å². The molecule has 5 nitrogen and oxygen atoms in total. The largest absolute Gasteiger partial charge is 0.441 e. The number of nitrogens with zero attached hydrogens (tertiary/aromatic N) is 2. The number of carbonyl (C=O) groups excluding carboxylic acids is 1. The SMILES string of the molecule is Cc1ccc(Cl)cc1NC(=O)/C(C#N)=C\c1ccc(N2CCCC2)o1. The maximum Gasteiger partial charge on any atom is 0.266 e. The molecule has 0 radical (unpaired) electrons. The molecule has 0 saturated carbocycles. The number of anilines is 2. The van der Waals surface area contributed by atoms with Crippen molar-refractivity contribution in [3.8, 4) is 6.07 Å². The highest BCUT2D eigenvalue weighted by Gasteiger charge is 2.16. The highest BCUT2D eigenvalue weighted by molar-refractivity contribution is 6.31. The van der Waals surface area contributed by atoms with Gasteiger partial charge in [0.15, 0.2) is 5.88 Å². The summed E-state index contributed by atoms with van der Waals surface area (Å²) in [6, 6.07) is 10.8. The van der Waals surface area contributed by atoms with Crippen LogP contribution in [0.15, 0.2) is 40.3 Å². The fraction of sp³-hybridized carbons (Fsp3) is 0.263. The predicted octanol–water partition coefficient (Wildman–Crippen LogP) is 4.39. The van der Waals surface area contributed by atoms with Crippen molar-refractivity contribution in [3.63, 3.8) is 0 Å². The standard InChI is InChI=1S/C19H18ClN3O2/c1-13-4-5-15(20)11-17(13)22-19(24)14(12-21)10-16-6-7-18(25-16)23-8-2-3-9-23/h4-7,10-11H,2-3,8-9H2,1H3,(H,22,24)/b14-10-. The van der Waals surface area contributed by atoms with Crippen LogP contribution in [0.2, 0.25) is 5.02 Å². The first-order valence-electron chi connectivity index (χ1n) is 8.11. The van der Waals surface area contributed by atoms with E-state index in [9.17, 15) is 10.1 Å². The highest BCUT2D eigenvalue weighted by atomic mass is 35.5. The second kappa shape index (κ2) is 7.45. The third-order valence-corrected chi connectivity index (χ3v) is 4.36. The number of nitrogens with one attached hydrogen (secondary N) is 1. The fourth-order valence-electron chi connectivity index (χ4n) is 2.74. The van der Waals surface area contributed by atoms with Crippen molar-refractivity contribution in [2.75, 3.05) is 23.3 Å². The van der Waals surface area contributed by atoms with Crippen LogP contribution in [-0.4, -0.2) is 19.0 Å². The minimum Gasteiger partial charge on any atom is -0.441 e. The maximum absolute atomic E-state index is 12.4. The van der Waals surface area contributed by atoms with Crippen LogP contribution < -0.4 is 10.2 Å². The summed E-state index contributed by atoms with van der Waals surface area (Å²) in [6.45, 7) is 3.79. The third kappa shape index (κ3) is 4.04. The number of hydrogen-bond acceptors (Lipinski definition) is 4. The highest BCUT2D eigenvalue weighted by Crippen LogP contribution is 2.25. The fourth-order valence-corrected chi connectivity index (χ4v) is 2.91. The lowest BCUT2D eigenvalue weighted by Crippen LogP contribution is -2.16. The first-order chi connectivity index (χ1) is 12.1. The van der Waals surface area contributed by atoms with E-state index in [2.05, 4.69) is 10.2 Å². The van der Waals surface area contributed by atoms with Gasteiger partial charge in [0.05, 0.1) is 0 Å². The molecule has 0 aliphatic carbocycles. The lowest BCUT2D eigenvalue weighted by atomic mass is 10.1. The predicted molar refractivity (Wildman–Crippen MR) is 98.6 cm³/mol. The van der Waals surface area contributed by atoms with Gasteiger partial charge in [-0.2, -0.15) is 5.26 Å². The molecular weight excluding hydrogens is 338 g/mol. The number of amides is 1. The van der Waals surface area contributed by atoms with Crippen molar-refractivity contribution in [2.24, 2.45) is 0 Å². The van der Waals surface area contributed by atoms with E-state index < -0.39 is 5.91 Å². The smallest absolute Gasteiger partial charge is 0.266 e. The molecule has 128 valence electrons. The average molecular weight is 356 g/mol. The molecule has 0 atom stereocenters. The monoisotopic (exact) mass is 355 g/mol. The quantitative estimate of drug-likeness (QED) is 0.652. The Balaban J connectivity index is 1.77. The summed E-state index contributed by atoms with van der Waals surface area (Å²) in [6.07, 6.45) is 3.75. The Labute approximate surface area is 151 Å². The molecule has 1 saturated heterocycles. The van der Waals surface area contributed by atoms with Crippen molar-refractivity contribution in [1.82, 2.24) is 0 Å². The second-order valence-electron chi connectivity index (χ2n) is 5.95. The van der Waals surface area contributed by atoms with Gasteiger partial charge in [0, 0.05) is 35.9 Å². The van der Waals surface area contributed by atoms with Gasteiger partial charge in [0.1, 0.15) is 17.4 Å². The maximum atomic E-state index is 12.4. The zero-order valence-corrected chi connectivity index (χ0v) is 14.6. The molecule has 0 spiro atoms. The van der Waals surface area contributed by atoms with Crippen molar-refractivity contribution >= 4 is 35.2 Å². The first-order valence-corrected chi connectivity index (χ1v) is 8.49. The Bertz CT molecular complexity index is 858. The molecule has 25 heavy (non-hydrogen) atoms. The Morgan fingerprint density at radius 1 is 1.32 bits per heavy atom. The van der Waals surface area contributed by atoms with E-state index in [0.717, 1.165) is 37.4 Å². The average Bonchev–Trinajstić information content (AvgIpc) is 3.27. The lowest BCUT2D eigenvalue weighted by Gasteiger charge is -2.12. The topological polar surface area (TPSA) is 69.3 Å². The van der Waals surface area contributed by atoms with E-state index in [0.29, 0.717) is 16.5 Å². The summed E-state index contributed by atoms with van der Waals surface area (Å²) in [5.74, 6) is 0.760. The molecule has 1 aliphatic heterocycles. The number of halogens is 1. The molecular formula is C19H18ClN3O2. The van der Waals surface area contributed by atoms with Crippen molar-refractivity contribution in [3.05, 3.63) is 52.3 Å². The van der Waals surface area contributed by atoms with Crippen molar-refractivity contribution in [2.45, 2.75) is 19.8 Å². The number of nitriles is 1. The van der Waals surface area contributed by atoms with Crippen molar-refractivity contribution in [1.29, 1.82) is 5.26 Å². The van der Waals surface area contributed by atoms with E-state index >= 15 is 0 Å². The Morgan fingerprint density at radius 3 is 2.80 bits per heavy atom. The molecule has 1 fully saturated rings. The van der Waals surface area contributed by atoms with Gasteiger partial charge in [-0.1, -0.05) is 17.7 Å². The minimum absolute atomic E-state index is 0.0262. The van der Waals surface area contributed by atoms with Gasteiger partial charge in [-0.3, -0.25) is 4.79 Å². The number of rotatable bonds is 4. The van der Waals surface area contributed by atoms with Gasteiger partial charge >= 0.3 is 0 Å². The molecule has 1 aromatic heterocycles. The summed E-state index contributed by atoms with van der Waals surface area (Å²) in [5, 5.41) is 12.6. The Morgan fingerprint density at radius 2 is 2.08 bits per heavy atom. The van der Waals surface area contributed by atoms with Crippen LogP contribution in [0.25, 0.3) is 6.08 Å². The first kappa shape index (κ1) is 17.1. The normalized spacial score (nSPS) is 14.4. The summed E-state index contributed by atoms with van der Waals surface area (Å²) in [5.41, 5.74) is 1.42. The van der Waals surface area contributed by atoms with Crippen LogP contribution in [0.5, 0.6) is 0 Å². The summed E-state index contributed by atoms with van der Waals surface area (Å²) in [7, 11) is 0. The number of hydrogen-bond donors (Lipinski definition) is 1. The molecule has 0 unspecified atom stereocenters. The van der Waals surface area contributed by atoms with Crippen LogP contribution in [0.3, 0.4) is 0 Å². The van der Waals surface area contributed by atoms with Crippen LogP contribution in [-0.2, 0) is 4.79 Å². The Kier molecular flexibility index (Phi) is 5.11. The van der Waals surface area contributed by atoms with Gasteiger partial charge in [0.2, 0.25) is 0 Å². The van der Waals surface area contributed by atoms with E-state index in [-0.39, 0.29) is 5.57 Å². The molecule has 0 bridgehead atoms. The van der Waals surface area contributed by atoms with Crippen LogP contribution in [0.1, 0.15) is 24.2 Å². The van der Waals surface area contributed by atoms with E-state index in [1.54, 1.807) is 18.2 Å². The Hall–Kier alpha value is -2.71. The van der Waals surface area contributed by atoms with E-state index in [1.165, 1.54) is 6.08 Å². The van der Waals surface area contributed by atoms with E-state index in [1.807, 2.05) is 25.1 Å². The van der Waals surface area contributed by atoms with Gasteiger partial charge in [0.25, 0.3) is 5.91 Å². The molecule has 1 aliphatic rings. The third-order valence-electron chi connectivity index (χ3n) is 4.13. The van der Waals surface area contributed by atoms with Gasteiger partial charge in [-0.05, 0) is 43.5 Å². The zero-order valence-electron chi connectivity index (χ0n) is 13.9. The van der Waals surface area contributed by atoms with Crippen LogP contribution in [0.4, 0.5) is 11.6 Å². The summed E-state index contributed by atoms with van der Waals surface area (Å²) in [4.78, 5) is 14.5. The number of benzene rings is 1. The molecule has 3 rings (SSSR count). The minimum atomic E-state index is -0.494. The van der Waals surface area contributed by atoms with Gasteiger partial charge < -0.3 is 14.6 Å². The molecule has 2 aromatic rings. The van der Waals surface area contributed by atoms with Crippen molar-refractivity contribution < 1.29 is 9.21 Å². The lowest BCUT2D eigenvalue weighted by molar-refractivity contribution is -0.112. The summed E-state index contributed by atoms with van der Waals surface area (Å²) >= 11 is 5.96. The second-order valence-corrected chi connectivity index (χ2v) is 6.39. The van der Waals surface area contributed by atoms with Gasteiger partial charge in [-0.25, -0.2) is 0 Å². The molecule has 2 heterocycles. The molecule has 6 heteroatoms. The number of carbonyl (C=O) groups is 1. The summed E-state index contributed by atoms with van der Waals surface area (Å²) < 4.78 is 5.74.